The minimum atomic E-state index is 0.0243. The lowest BCUT2D eigenvalue weighted by molar-refractivity contribution is 0.204. The molecule has 0 atom stereocenters. The highest BCUT2D eigenvalue weighted by molar-refractivity contribution is 6.08. The van der Waals surface area contributed by atoms with Crippen molar-refractivity contribution in [2.75, 3.05) is 13.2 Å². The van der Waals surface area contributed by atoms with Crippen LogP contribution in [0.5, 0.6) is 5.75 Å². The maximum atomic E-state index is 9.00. The van der Waals surface area contributed by atoms with Gasteiger partial charge >= 0.3 is 0 Å². The van der Waals surface area contributed by atoms with E-state index in [1.54, 1.807) is 0 Å². The van der Waals surface area contributed by atoms with Crippen LogP contribution in [0.15, 0.2) is 48.5 Å². The van der Waals surface area contributed by atoms with Crippen LogP contribution < -0.4 is 4.74 Å². The molecule has 0 radical (unpaired) electrons. The molecule has 0 bridgehead atoms. The molecule has 96 valence electrons. The fourth-order valence-corrected chi connectivity index (χ4v) is 2.61. The fraction of sp³-hybridized carbons (Fsp3) is 0.176. The van der Waals surface area contributed by atoms with Crippen LogP contribution >= 0.6 is 0 Å². The Hall–Kier alpha value is -2.06. The summed E-state index contributed by atoms with van der Waals surface area (Å²) in [5.41, 5.74) is 1.27. The second-order valence-electron chi connectivity index (χ2n) is 4.62. The number of benzene rings is 3. The third kappa shape index (κ3) is 1.94. The molecular weight excluding hydrogens is 236 g/mol. The number of hydrogen-bond acceptors (Lipinski definition) is 2. The minimum absolute atomic E-state index is 0.0243. The first kappa shape index (κ1) is 12.0. The zero-order chi connectivity index (χ0) is 13.2. The van der Waals surface area contributed by atoms with Gasteiger partial charge in [0.25, 0.3) is 0 Å². The van der Waals surface area contributed by atoms with Gasteiger partial charge in [-0.3, -0.25) is 0 Å². The monoisotopic (exact) mass is 252 g/mol. The molecule has 3 rings (SSSR count). The normalized spacial score (nSPS) is 11.1. The largest absolute Gasteiger partial charge is 0.490 e. The second kappa shape index (κ2) is 4.90. The van der Waals surface area contributed by atoms with Gasteiger partial charge in [0.15, 0.2) is 0 Å². The summed E-state index contributed by atoms with van der Waals surface area (Å²) >= 11 is 0. The van der Waals surface area contributed by atoms with Gasteiger partial charge in [-0.05, 0) is 23.3 Å². The van der Waals surface area contributed by atoms with Crippen molar-refractivity contribution in [3.8, 4) is 5.75 Å². The van der Waals surface area contributed by atoms with Crippen molar-refractivity contribution in [3.05, 3.63) is 54.1 Å². The van der Waals surface area contributed by atoms with Crippen molar-refractivity contribution >= 4 is 21.5 Å². The number of aliphatic hydroxyl groups excluding tert-OH is 1. The van der Waals surface area contributed by atoms with Crippen LogP contribution in [0.2, 0.25) is 0 Å². The van der Waals surface area contributed by atoms with Crippen LogP contribution in [0.25, 0.3) is 21.5 Å². The molecule has 3 aromatic rings. The van der Waals surface area contributed by atoms with Crippen molar-refractivity contribution in [3.63, 3.8) is 0 Å². The zero-order valence-electron chi connectivity index (χ0n) is 10.9. The van der Waals surface area contributed by atoms with Crippen molar-refractivity contribution in [2.24, 2.45) is 0 Å². The van der Waals surface area contributed by atoms with Gasteiger partial charge in [0.1, 0.15) is 12.4 Å². The van der Waals surface area contributed by atoms with Crippen LogP contribution in [0.1, 0.15) is 5.56 Å². The first-order chi connectivity index (χ1) is 9.33. The maximum Gasteiger partial charge on any atom is 0.135 e. The van der Waals surface area contributed by atoms with Crippen LogP contribution in [0.4, 0.5) is 0 Å². The van der Waals surface area contributed by atoms with E-state index in [1.807, 2.05) is 24.3 Å². The second-order valence-corrected chi connectivity index (χ2v) is 4.62. The Bertz CT molecular complexity index is 675. The summed E-state index contributed by atoms with van der Waals surface area (Å²) in [6.07, 6.45) is 0. The third-order valence-corrected chi connectivity index (χ3v) is 3.49. The zero-order valence-corrected chi connectivity index (χ0v) is 10.9. The fourth-order valence-electron chi connectivity index (χ4n) is 2.61. The predicted molar refractivity (Wildman–Crippen MR) is 78.8 cm³/mol. The molecule has 0 spiro atoms. The predicted octanol–water partition coefficient (Wildman–Crippen LogP) is 3.67. The van der Waals surface area contributed by atoms with Gasteiger partial charge in [-0.15, -0.1) is 0 Å². The van der Waals surface area contributed by atoms with E-state index in [4.69, 9.17) is 9.84 Å². The molecule has 19 heavy (non-hydrogen) atoms. The number of rotatable bonds is 3. The standard InChI is InChI=1S/C17H16O2/c1-12-13-6-2-4-8-15(13)17(19-11-10-18)16-9-5-3-7-14(12)16/h2-9,18H,10-11H2,1H3. The maximum absolute atomic E-state index is 9.00. The van der Waals surface area contributed by atoms with Gasteiger partial charge < -0.3 is 9.84 Å². The summed E-state index contributed by atoms with van der Waals surface area (Å²) in [6, 6.07) is 16.5. The first-order valence-corrected chi connectivity index (χ1v) is 6.46. The SMILES string of the molecule is Cc1c2ccccc2c(OCCO)c2ccccc12. The van der Waals surface area contributed by atoms with Gasteiger partial charge in [-0.2, -0.15) is 0 Å². The van der Waals surface area contributed by atoms with Gasteiger partial charge in [0.05, 0.1) is 6.61 Å². The van der Waals surface area contributed by atoms with Crippen molar-refractivity contribution in [1.82, 2.24) is 0 Å². The lowest BCUT2D eigenvalue weighted by Gasteiger charge is -2.15. The highest BCUT2D eigenvalue weighted by Gasteiger charge is 2.11. The summed E-state index contributed by atoms with van der Waals surface area (Å²) in [5, 5.41) is 13.6. The Morgan fingerprint density at radius 3 is 1.79 bits per heavy atom. The van der Waals surface area contributed by atoms with E-state index in [0.29, 0.717) is 6.61 Å². The Morgan fingerprint density at radius 1 is 0.842 bits per heavy atom. The van der Waals surface area contributed by atoms with E-state index >= 15 is 0 Å². The van der Waals surface area contributed by atoms with Crippen LogP contribution in [-0.2, 0) is 0 Å². The molecule has 2 nitrogen and oxygen atoms in total. The molecule has 0 heterocycles. The molecule has 1 N–H and O–H groups in total. The quantitative estimate of drug-likeness (QED) is 0.721. The van der Waals surface area contributed by atoms with Crippen LogP contribution in [-0.4, -0.2) is 18.3 Å². The molecule has 0 aliphatic rings. The Morgan fingerprint density at radius 2 is 1.32 bits per heavy atom. The highest BCUT2D eigenvalue weighted by Crippen LogP contribution is 2.37. The Kier molecular flexibility index (Phi) is 3.10. The van der Waals surface area contributed by atoms with Crippen molar-refractivity contribution < 1.29 is 9.84 Å². The molecule has 0 fully saturated rings. The highest BCUT2D eigenvalue weighted by atomic mass is 16.5. The van der Waals surface area contributed by atoms with E-state index in [1.165, 1.54) is 16.3 Å². The van der Waals surface area contributed by atoms with Gasteiger partial charge in [0, 0.05) is 10.8 Å². The molecule has 0 unspecified atom stereocenters. The molecular formula is C17H16O2. The summed E-state index contributed by atoms with van der Waals surface area (Å²) in [5.74, 6) is 0.867. The van der Waals surface area contributed by atoms with E-state index in [0.717, 1.165) is 16.5 Å². The number of aryl methyl sites for hydroxylation is 1. The molecule has 0 aliphatic carbocycles. The summed E-state index contributed by atoms with van der Waals surface area (Å²) in [7, 11) is 0. The number of hydrogen-bond donors (Lipinski definition) is 1. The van der Waals surface area contributed by atoms with Gasteiger partial charge in [-0.25, -0.2) is 0 Å². The molecule has 2 heteroatoms. The van der Waals surface area contributed by atoms with E-state index < -0.39 is 0 Å². The van der Waals surface area contributed by atoms with Gasteiger partial charge in [0.2, 0.25) is 0 Å². The first-order valence-electron chi connectivity index (χ1n) is 6.46. The van der Waals surface area contributed by atoms with E-state index in [-0.39, 0.29) is 6.61 Å². The van der Waals surface area contributed by atoms with Crippen LogP contribution in [0.3, 0.4) is 0 Å². The lowest BCUT2D eigenvalue weighted by Crippen LogP contribution is -2.03. The van der Waals surface area contributed by atoms with Crippen molar-refractivity contribution in [1.29, 1.82) is 0 Å². The topological polar surface area (TPSA) is 29.5 Å². The molecule has 0 aromatic heterocycles. The molecule has 0 saturated carbocycles. The summed E-state index contributed by atoms with van der Waals surface area (Å²) in [4.78, 5) is 0. The minimum Gasteiger partial charge on any atom is -0.490 e. The Balaban J connectivity index is 2.42. The average Bonchev–Trinajstić information content (AvgIpc) is 2.47. The molecule has 0 aliphatic heterocycles. The van der Waals surface area contributed by atoms with Gasteiger partial charge in [-0.1, -0.05) is 48.5 Å². The third-order valence-electron chi connectivity index (χ3n) is 3.49. The molecule has 0 saturated heterocycles. The van der Waals surface area contributed by atoms with Crippen molar-refractivity contribution in [2.45, 2.75) is 6.92 Å². The van der Waals surface area contributed by atoms with Crippen LogP contribution in [0, 0.1) is 6.92 Å². The lowest BCUT2D eigenvalue weighted by atomic mass is 9.96. The number of ether oxygens (including phenoxy) is 1. The van der Waals surface area contributed by atoms with E-state index in [2.05, 4.69) is 31.2 Å². The smallest absolute Gasteiger partial charge is 0.135 e. The Labute approximate surface area is 112 Å². The van der Waals surface area contributed by atoms with E-state index in [9.17, 15) is 0 Å². The molecule has 0 amide bonds. The number of fused-ring (bicyclic) bond motifs is 2. The molecule has 3 aromatic carbocycles. The number of aliphatic hydroxyl groups is 1. The summed E-state index contributed by atoms with van der Waals surface area (Å²) in [6.45, 7) is 2.48. The summed E-state index contributed by atoms with van der Waals surface area (Å²) < 4.78 is 5.79. The average molecular weight is 252 g/mol.